The number of nitrogens with one attached hydrogen (secondary N) is 2. The molecule has 1 saturated heterocycles. The molecule has 0 spiro atoms. The zero-order valence-corrected chi connectivity index (χ0v) is 21.4. The summed E-state index contributed by atoms with van der Waals surface area (Å²) in [5.74, 6) is 0.189. The maximum atomic E-state index is 12.7. The standard InChI is InChI=1S/C28H24Cl2N6O/c29-21-6-1-17(2-7-21)26(18-3-8-22(30)9-4-18)20-5-10-24-23(15-20)27(34-32-24)19-11-13-36(14-12-19)28(37)25-16-31-35-33-25/h1-10,15-16,19,26H,11-14H2,(H,32,34)(H,31,33,35). The van der Waals surface area contributed by atoms with E-state index >= 15 is 0 Å². The molecule has 3 aromatic carbocycles. The Morgan fingerprint density at radius 2 is 1.51 bits per heavy atom. The van der Waals surface area contributed by atoms with Crippen molar-refractivity contribution in [3.8, 4) is 0 Å². The van der Waals surface area contributed by atoms with Crippen molar-refractivity contribution in [1.29, 1.82) is 0 Å². The number of benzene rings is 3. The maximum Gasteiger partial charge on any atom is 0.276 e. The summed E-state index contributed by atoms with van der Waals surface area (Å²) < 4.78 is 0. The second-order valence-corrected chi connectivity index (χ2v) is 10.2. The van der Waals surface area contributed by atoms with Crippen LogP contribution in [0.2, 0.25) is 10.0 Å². The maximum absolute atomic E-state index is 12.7. The minimum Gasteiger partial charge on any atom is -0.337 e. The van der Waals surface area contributed by atoms with Crippen molar-refractivity contribution in [3.63, 3.8) is 0 Å². The van der Waals surface area contributed by atoms with E-state index in [4.69, 9.17) is 28.3 Å². The highest BCUT2D eigenvalue weighted by atomic mass is 35.5. The van der Waals surface area contributed by atoms with Gasteiger partial charge in [-0.3, -0.25) is 15.0 Å². The smallest absolute Gasteiger partial charge is 0.276 e. The van der Waals surface area contributed by atoms with Gasteiger partial charge in [-0.2, -0.15) is 5.10 Å². The molecule has 0 aliphatic carbocycles. The first kappa shape index (κ1) is 23.7. The van der Waals surface area contributed by atoms with Crippen molar-refractivity contribution in [3.05, 3.63) is 111 Å². The Morgan fingerprint density at radius 1 is 0.892 bits per heavy atom. The highest BCUT2D eigenvalue weighted by Crippen LogP contribution is 2.37. The third-order valence-electron chi connectivity index (χ3n) is 7.16. The number of amides is 1. The molecule has 0 atom stereocenters. The van der Waals surface area contributed by atoms with E-state index in [2.05, 4.69) is 63.0 Å². The number of nitrogens with zero attached hydrogens (tertiary/aromatic N) is 4. The number of piperidine rings is 1. The quantitative estimate of drug-likeness (QED) is 0.265. The molecule has 1 amide bonds. The lowest BCUT2D eigenvalue weighted by Gasteiger charge is -2.31. The fourth-order valence-corrected chi connectivity index (χ4v) is 5.51. The number of hydrogen-bond acceptors (Lipinski definition) is 4. The number of H-pyrrole nitrogens is 2. The number of halogens is 2. The van der Waals surface area contributed by atoms with Crippen LogP contribution in [0.25, 0.3) is 10.9 Å². The molecule has 37 heavy (non-hydrogen) atoms. The number of aromatic amines is 2. The average molecular weight is 531 g/mol. The Hall–Kier alpha value is -3.68. The summed E-state index contributed by atoms with van der Waals surface area (Å²) >= 11 is 12.4. The summed E-state index contributed by atoms with van der Waals surface area (Å²) in [4.78, 5) is 14.5. The van der Waals surface area contributed by atoms with Crippen molar-refractivity contribution < 1.29 is 4.79 Å². The summed E-state index contributed by atoms with van der Waals surface area (Å²) in [6.07, 6.45) is 3.21. The molecule has 3 heterocycles. The van der Waals surface area contributed by atoms with Gasteiger partial charge in [0.2, 0.25) is 0 Å². The van der Waals surface area contributed by atoms with Gasteiger partial charge in [-0.1, -0.05) is 58.7 Å². The Bertz CT molecular complexity index is 1480. The normalized spacial score (nSPS) is 14.5. The van der Waals surface area contributed by atoms with Crippen molar-refractivity contribution in [1.82, 2.24) is 30.5 Å². The monoisotopic (exact) mass is 530 g/mol. The van der Waals surface area contributed by atoms with E-state index in [-0.39, 0.29) is 17.7 Å². The zero-order chi connectivity index (χ0) is 25.4. The Labute approximate surface area is 223 Å². The van der Waals surface area contributed by atoms with Gasteiger partial charge in [0.1, 0.15) is 0 Å². The van der Waals surface area contributed by atoms with E-state index in [0.717, 1.165) is 40.6 Å². The van der Waals surface area contributed by atoms with E-state index in [1.165, 1.54) is 11.8 Å². The molecule has 1 aliphatic heterocycles. The molecular weight excluding hydrogens is 507 g/mol. The second kappa shape index (κ2) is 10.00. The zero-order valence-electron chi connectivity index (χ0n) is 19.9. The molecule has 0 bridgehead atoms. The van der Waals surface area contributed by atoms with Crippen molar-refractivity contribution in [2.45, 2.75) is 24.7 Å². The molecule has 0 unspecified atom stereocenters. The highest BCUT2D eigenvalue weighted by Gasteiger charge is 2.28. The van der Waals surface area contributed by atoms with Gasteiger partial charge in [-0.05, 0) is 65.9 Å². The molecule has 7 nitrogen and oxygen atoms in total. The molecular formula is C28H24Cl2N6O. The lowest BCUT2D eigenvalue weighted by molar-refractivity contribution is 0.0706. The summed E-state index contributed by atoms with van der Waals surface area (Å²) in [5.41, 5.74) is 5.87. The molecule has 2 aromatic heterocycles. The predicted octanol–water partition coefficient (Wildman–Crippen LogP) is 6.19. The van der Waals surface area contributed by atoms with Crippen LogP contribution in [0.15, 0.2) is 72.9 Å². The first-order valence-corrected chi connectivity index (χ1v) is 13.0. The minimum absolute atomic E-state index is 0.0172. The van der Waals surface area contributed by atoms with Gasteiger partial charge in [0, 0.05) is 40.4 Å². The van der Waals surface area contributed by atoms with Crippen molar-refractivity contribution in [2.75, 3.05) is 13.1 Å². The fourth-order valence-electron chi connectivity index (χ4n) is 5.25. The second-order valence-electron chi connectivity index (χ2n) is 9.38. The Balaban J connectivity index is 1.31. The topological polar surface area (TPSA) is 90.6 Å². The van der Waals surface area contributed by atoms with E-state index in [9.17, 15) is 4.79 Å². The van der Waals surface area contributed by atoms with Gasteiger partial charge in [0.15, 0.2) is 5.69 Å². The summed E-state index contributed by atoms with van der Waals surface area (Å²) in [5, 5.41) is 20.6. The first-order valence-electron chi connectivity index (χ1n) is 12.2. The van der Waals surface area contributed by atoms with Crippen molar-refractivity contribution >= 4 is 40.0 Å². The van der Waals surface area contributed by atoms with Crippen LogP contribution >= 0.6 is 23.2 Å². The number of rotatable bonds is 5. The number of hydrogen-bond donors (Lipinski definition) is 2. The van der Waals surface area contributed by atoms with Crippen LogP contribution in [0.4, 0.5) is 0 Å². The predicted molar refractivity (Wildman–Crippen MR) is 144 cm³/mol. The van der Waals surface area contributed by atoms with Crippen molar-refractivity contribution in [2.24, 2.45) is 0 Å². The molecule has 1 aliphatic rings. The molecule has 9 heteroatoms. The lowest BCUT2D eigenvalue weighted by atomic mass is 9.84. The first-order chi connectivity index (χ1) is 18.1. The minimum atomic E-state index is -0.0878. The van der Waals surface area contributed by atoms with Crippen LogP contribution in [0, 0.1) is 0 Å². The SMILES string of the molecule is O=C(c1c[nH]nn1)N1CCC(c2n[nH]c3ccc(C(c4ccc(Cl)cc4)c4ccc(Cl)cc4)cc23)CC1. The average Bonchev–Trinajstić information content (AvgIpc) is 3.61. The number of carbonyl (C=O) groups excluding carboxylic acids is 1. The largest absolute Gasteiger partial charge is 0.337 e. The number of likely N-dealkylation sites (tertiary alicyclic amines) is 1. The van der Waals surface area contributed by atoms with E-state index < -0.39 is 0 Å². The molecule has 5 aromatic rings. The van der Waals surface area contributed by atoms with Gasteiger partial charge in [0.25, 0.3) is 5.91 Å². The number of carbonyl (C=O) groups is 1. The number of fused-ring (bicyclic) bond motifs is 1. The third kappa shape index (κ3) is 4.72. The number of aromatic nitrogens is 5. The van der Waals surface area contributed by atoms with Crippen LogP contribution < -0.4 is 0 Å². The van der Waals surface area contributed by atoms with E-state index in [1.54, 1.807) is 0 Å². The van der Waals surface area contributed by atoms with Gasteiger partial charge in [-0.25, -0.2) is 0 Å². The van der Waals surface area contributed by atoms with E-state index in [0.29, 0.717) is 28.8 Å². The molecule has 1 fully saturated rings. The van der Waals surface area contributed by atoms with Crippen LogP contribution in [-0.2, 0) is 0 Å². The Morgan fingerprint density at radius 3 is 2.11 bits per heavy atom. The van der Waals surface area contributed by atoms with Crippen LogP contribution in [0.5, 0.6) is 0 Å². The molecule has 2 N–H and O–H groups in total. The van der Waals surface area contributed by atoms with Crippen LogP contribution in [0.3, 0.4) is 0 Å². The van der Waals surface area contributed by atoms with Crippen LogP contribution in [-0.4, -0.2) is 49.5 Å². The highest BCUT2D eigenvalue weighted by molar-refractivity contribution is 6.30. The lowest BCUT2D eigenvalue weighted by Crippen LogP contribution is -2.38. The molecule has 0 radical (unpaired) electrons. The molecule has 0 saturated carbocycles. The van der Waals surface area contributed by atoms with Gasteiger partial charge < -0.3 is 4.90 Å². The van der Waals surface area contributed by atoms with Gasteiger partial charge in [-0.15, -0.1) is 5.10 Å². The third-order valence-corrected chi connectivity index (χ3v) is 7.67. The van der Waals surface area contributed by atoms with Gasteiger partial charge in [0.05, 0.1) is 17.4 Å². The summed E-state index contributed by atoms with van der Waals surface area (Å²) in [6.45, 7) is 1.31. The Kier molecular flexibility index (Phi) is 6.40. The van der Waals surface area contributed by atoms with E-state index in [1.807, 2.05) is 29.2 Å². The summed E-state index contributed by atoms with van der Waals surface area (Å²) in [7, 11) is 0. The van der Waals surface area contributed by atoms with Gasteiger partial charge >= 0.3 is 0 Å². The molecule has 6 rings (SSSR count). The fraction of sp³-hybridized carbons (Fsp3) is 0.214. The molecule has 186 valence electrons. The van der Waals surface area contributed by atoms with Crippen LogP contribution in [0.1, 0.15) is 57.6 Å². The summed E-state index contributed by atoms with van der Waals surface area (Å²) in [6, 6.07) is 22.5.